The minimum atomic E-state index is -0.559. The largest absolute Gasteiger partial charge is 0.336 e. The van der Waals surface area contributed by atoms with Gasteiger partial charge in [0.15, 0.2) is 0 Å². The predicted molar refractivity (Wildman–Crippen MR) is 55.2 cm³/mol. The Labute approximate surface area is 87.9 Å². The minimum Gasteiger partial charge on any atom is -0.336 e. The van der Waals surface area contributed by atoms with Crippen molar-refractivity contribution in [1.82, 2.24) is 15.6 Å². The van der Waals surface area contributed by atoms with Crippen LogP contribution >= 0.6 is 0 Å². The van der Waals surface area contributed by atoms with Gasteiger partial charge in [-0.15, -0.1) is 0 Å². The first kappa shape index (κ1) is 11.4. The van der Waals surface area contributed by atoms with Crippen molar-refractivity contribution in [2.75, 3.05) is 13.2 Å². The number of aryl methyl sites for hydroxylation is 1. The summed E-state index contributed by atoms with van der Waals surface area (Å²) in [5.41, 5.74) is 1.87. The second-order valence-electron chi connectivity index (χ2n) is 3.12. The van der Waals surface area contributed by atoms with E-state index in [4.69, 9.17) is 0 Å². The lowest BCUT2D eigenvalue weighted by atomic mass is 10.2. The molecule has 82 valence electrons. The van der Waals surface area contributed by atoms with Crippen molar-refractivity contribution in [2.24, 2.45) is 0 Å². The second-order valence-corrected chi connectivity index (χ2v) is 3.12. The third-order valence-electron chi connectivity index (χ3n) is 1.78. The molecular formula is C10H14FN3O. The molecule has 0 radical (unpaired) electrons. The standard InChI is InChI=1S/C10H14FN3O/c1-8-2-4-12-9(6-8)7-14-10(15)13-5-3-11/h2,4,6H,3,5,7H2,1H3,(H2,13,14,15). The van der Waals surface area contributed by atoms with E-state index in [2.05, 4.69) is 15.6 Å². The molecule has 15 heavy (non-hydrogen) atoms. The molecule has 0 saturated heterocycles. The van der Waals surface area contributed by atoms with E-state index in [0.29, 0.717) is 6.54 Å². The average Bonchev–Trinajstić information content (AvgIpc) is 2.23. The molecular weight excluding hydrogens is 197 g/mol. The monoisotopic (exact) mass is 211 g/mol. The van der Waals surface area contributed by atoms with Gasteiger partial charge in [-0.2, -0.15) is 0 Å². The highest BCUT2D eigenvalue weighted by Crippen LogP contribution is 1.98. The summed E-state index contributed by atoms with van der Waals surface area (Å²) in [6.45, 7) is 1.78. The summed E-state index contributed by atoms with van der Waals surface area (Å²) >= 11 is 0. The molecule has 0 aliphatic rings. The molecule has 0 aromatic carbocycles. The van der Waals surface area contributed by atoms with Crippen LogP contribution in [0.1, 0.15) is 11.3 Å². The van der Waals surface area contributed by atoms with Crippen molar-refractivity contribution in [3.8, 4) is 0 Å². The second kappa shape index (κ2) is 5.95. The maximum Gasteiger partial charge on any atom is 0.315 e. The number of amides is 2. The van der Waals surface area contributed by atoms with Gasteiger partial charge in [0.05, 0.1) is 12.2 Å². The van der Waals surface area contributed by atoms with Crippen LogP contribution in [0.3, 0.4) is 0 Å². The van der Waals surface area contributed by atoms with E-state index in [1.54, 1.807) is 6.20 Å². The minimum absolute atomic E-state index is 0.0348. The topological polar surface area (TPSA) is 54.0 Å². The Balaban J connectivity index is 2.33. The molecule has 1 aromatic heterocycles. The number of halogens is 1. The summed E-state index contributed by atoms with van der Waals surface area (Å²) in [5, 5.41) is 4.95. The van der Waals surface area contributed by atoms with Gasteiger partial charge in [0.2, 0.25) is 0 Å². The van der Waals surface area contributed by atoms with Crippen molar-refractivity contribution in [1.29, 1.82) is 0 Å². The van der Waals surface area contributed by atoms with Crippen LogP contribution in [0.5, 0.6) is 0 Å². The van der Waals surface area contributed by atoms with Gasteiger partial charge in [0.25, 0.3) is 0 Å². The fourth-order valence-electron chi connectivity index (χ4n) is 1.09. The van der Waals surface area contributed by atoms with E-state index in [1.165, 1.54) is 0 Å². The van der Waals surface area contributed by atoms with E-state index in [1.807, 2.05) is 19.1 Å². The molecule has 2 N–H and O–H groups in total. The number of carbonyl (C=O) groups excluding carboxylic acids is 1. The van der Waals surface area contributed by atoms with Gasteiger partial charge in [-0.25, -0.2) is 9.18 Å². The zero-order valence-corrected chi connectivity index (χ0v) is 8.59. The number of rotatable bonds is 4. The van der Waals surface area contributed by atoms with E-state index in [-0.39, 0.29) is 12.6 Å². The van der Waals surface area contributed by atoms with Crippen molar-refractivity contribution in [3.63, 3.8) is 0 Å². The quantitative estimate of drug-likeness (QED) is 0.785. The van der Waals surface area contributed by atoms with Gasteiger partial charge in [0, 0.05) is 12.7 Å². The van der Waals surface area contributed by atoms with Crippen molar-refractivity contribution < 1.29 is 9.18 Å². The predicted octanol–water partition coefficient (Wildman–Crippen LogP) is 1.16. The molecule has 5 heteroatoms. The lowest BCUT2D eigenvalue weighted by Gasteiger charge is -2.05. The Kier molecular flexibility index (Phi) is 4.53. The van der Waals surface area contributed by atoms with Crippen LogP contribution in [0.4, 0.5) is 9.18 Å². The smallest absolute Gasteiger partial charge is 0.315 e. The number of hydrogen-bond donors (Lipinski definition) is 2. The molecule has 1 heterocycles. The fourth-order valence-corrected chi connectivity index (χ4v) is 1.09. The normalized spacial score (nSPS) is 9.73. The fraction of sp³-hybridized carbons (Fsp3) is 0.400. The molecule has 0 aliphatic heterocycles. The number of carbonyl (C=O) groups is 1. The Morgan fingerprint density at radius 1 is 1.53 bits per heavy atom. The maximum absolute atomic E-state index is 11.7. The molecule has 1 rings (SSSR count). The zero-order valence-electron chi connectivity index (χ0n) is 8.59. The summed E-state index contributed by atoms with van der Waals surface area (Å²) in [7, 11) is 0. The van der Waals surface area contributed by atoms with E-state index >= 15 is 0 Å². The molecule has 0 aliphatic carbocycles. The van der Waals surface area contributed by atoms with Crippen LogP contribution < -0.4 is 10.6 Å². The summed E-state index contributed by atoms with van der Waals surface area (Å²) in [5.74, 6) is 0. The van der Waals surface area contributed by atoms with Gasteiger partial charge in [-0.3, -0.25) is 4.98 Å². The summed E-state index contributed by atoms with van der Waals surface area (Å²) in [4.78, 5) is 15.1. The number of alkyl halides is 1. The Morgan fingerprint density at radius 3 is 3.00 bits per heavy atom. The zero-order chi connectivity index (χ0) is 11.1. The van der Waals surface area contributed by atoms with Crippen LogP contribution in [0.2, 0.25) is 0 Å². The van der Waals surface area contributed by atoms with E-state index in [0.717, 1.165) is 11.3 Å². The molecule has 0 spiro atoms. The van der Waals surface area contributed by atoms with Crippen LogP contribution in [0.25, 0.3) is 0 Å². The Morgan fingerprint density at radius 2 is 2.33 bits per heavy atom. The number of nitrogens with one attached hydrogen (secondary N) is 2. The molecule has 1 aromatic rings. The summed E-state index contributed by atoms with van der Waals surface area (Å²) < 4.78 is 11.7. The highest BCUT2D eigenvalue weighted by Gasteiger charge is 1.99. The van der Waals surface area contributed by atoms with Crippen molar-refractivity contribution in [3.05, 3.63) is 29.6 Å². The Hall–Kier alpha value is -1.65. The third kappa shape index (κ3) is 4.39. The van der Waals surface area contributed by atoms with Crippen LogP contribution in [-0.4, -0.2) is 24.2 Å². The van der Waals surface area contributed by atoms with Gasteiger partial charge in [0.1, 0.15) is 6.67 Å². The number of pyridine rings is 1. The first-order chi connectivity index (χ1) is 7.22. The Bertz CT molecular complexity index is 330. The SMILES string of the molecule is Cc1ccnc(CNC(=O)NCCF)c1. The lowest BCUT2D eigenvalue weighted by molar-refractivity contribution is 0.239. The van der Waals surface area contributed by atoms with Crippen molar-refractivity contribution >= 4 is 6.03 Å². The molecule has 2 amide bonds. The van der Waals surface area contributed by atoms with Crippen molar-refractivity contribution in [2.45, 2.75) is 13.5 Å². The van der Waals surface area contributed by atoms with E-state index < -0.39 is 6.67 Å². The number of aromatic nitrogens is 1. The van der Waals surface area contributed by atoms with Gasteiger partial charge >= 0.3 is 6.03 Å². The molecule has 0 fully saturated rings. The van der Waals surface area contributed by atoms with Crippen LogP contribution in [0.15, 0.2) is 18.3 Å². The first-order valence-electron chi connectivity index (χ1n) is 4.71. The van der Waals surface area contributed by atoms with Gasteiger partial charge in [-0.05, 0) is 24.6 Å². The molecule has 0 bridgehead atoms. The molecule has 0 atom stereocenters. The first-order valence-corrected chi connectivity index (χ1v) is 4.71. The van der Waals surface area contributed by atoms with Gasteiger partial charge < -0.3 is 10.6 Å². The average molecular weight is 211 g/mol. The summed E-state index contributed by atoms with van der Waals surface area (Å²) in [6, 6.07) is 3.39. The van der Waals surface area contributed by atoms with E-state index in [9.17, 15) is 9.18 Å². The third-order valence-corrected chi connectivity index (χ3v) is 1.78. The lowest BCUT2D eigenvalue weighted by Crippen LogP contribution is -2.36. The highest BCUT2D eigenvalue weighted by molar-refractivity contribution is 5.73. The number of nitrogens with zero attached hydrogens (tertiary/aromatic N) is 1. The number of hydrogen-bond acceptors (Lipinski definition) is 2. The summed E-state index contributed by atoms with van der Waals surface area (Å²) in [6.07, 6.45) is 1.69. The van der Waals surface area contributed by atoms with Crippen LogP contribution in [0, 0.1) is 6.92 Å². The maximum atomic E-state index is 11.7. The van der Waals surface area contributed by atoms with Crippen LogP contribution in [-0.2, 0) is 6.54 Å². The molecule has 0 unspecified atom stereocenters. The molecule has 0 saturated carbocycles. The number of urea groups is 1. The molecule has 4 nitrogen and oxygen atoms in total. The highest BCUT2D eigenvalue weighted by atomic mass is 19.1. The van der Waals surface area contributed by atoms with Gasteiger partial charge in [-0.1, -0.05) is 0 Å².